The lowest BCUT2D eigenvalue weighted by Crippen LogP contribution is -2.26. The van der Waals surface area contributed by atoms with Gasteiger partial charge < -0.3 is 10.2 Å². The zero-order valence-electron chi connectivity index (χ0n) is 12.4. The number of non-ortho nitro benzene ring substituents is 1. The SMILES string of the molecule is Cc1ccc([N+](=O)[O-])cc1NC1=C(C(=O)C(F)(F)F)CCN1C. The number of anilines is 1. The molecule has 0 amide bonds. The molecule has 2 rings (SSSR count). The maximum atomic E-state index is 12.7. The minimum absolute atomic E-state index is 0.0240. The lowest BCUT2D eigenvalue weighted by molar-refractivity contribution is -0.384. The van der Waals surface area contributed by atoms with Gasteiger partial charge in [-0.1, -0.05) is 6.07 Å². The molecule has 0 fully saturated rings. The average molecular weight is 329 g/mol. The first-order valence-electron chi connectivity index (χ1n) is 6.69. The van der Waals surface area contributed by atoms with Gasteiger partial charge in [0.05, 0.1) is 4.92 Å². The molecular formula is C14H14F3N3O3. The molecule has 1 N–H and O–H groups in total. The molecule has 0 saturated heterocycles. The van der Waals surface area contributed by atoms with Gasteiger partial charge in [-0.2, -0.15) is 13.2 Å². The molecular weight excluding hydrogens is 315 g/mol. The summed E-state index contributed by atoms with van der Waals surface area (Å²) in [4.78, 5) is 23.2. The first-order chi connectivity index (χ1) is 10.6. The third-order valence-electron chi connectivity index (χ3n) is 3.58. The van der Waals surface area contributed by atoms with Gasteiger partial charge in [0.15, 0.2) is 0 Å². The minimum Gasteiger partial charge on any atom is -0.361 e. The Kier molecular flexibility index (Phi) is 4.31. The van der Waals surface area contributed by atoms with Crippen molar-refractivity contribution >= 4 is 17.2 Å². The van der Waals surface area contributed by atoms with Crippen LogP contribution < -0.4 is 5.32 Å². The van der Waals surface area contributed by atoms with E-state index >= 15 is 0 Å². The molecule has 0 unspecified atom stereocenters. The number of rotatable bonds is 4. The quantitative estimate of drug-likeness (QED) is 0.679. The number of Topliss-reactive ketones (excluding diaryl/α,β-unsaturated/α-hetero) is 1. The lowest BCUT2D eigenvalue weighted by atomic mass is 10.1. The van der Waals surface area contributed by atoms with Crippen molar-refractivity contribution in [2.45, 2.75) is 19.5 Å². The largest absolute Gasteiger partial charge is 0.454 e. The predicted octanol–water partition coefficient (Wildman–Crippen LogP) is 2.99. The van der Waals surface area contributed by atoms with Crippen LogP contribution in [0.2, 0.25) is 0 Å². The molecule has 1 aliphatic rings. The summed E-state index contributed by atoms with van der Waals surface area (Å²) in [5.74, 6) is -1.87. The standard InChI is InChI=1S/C14H14F3N3O3/c1-8-3-4-9(20(22)23)7-11(8)18-13-10(5-6-19(13)2)12(21)14(15,16)17/h3-4,7,18H,5-6H2,1-2H3. The van der Waals surface area contributed by atoms with Gasteiger partial charge in [-0.15, -0.1) is 0 Å². The van der Waals surface area contributed by atoms with Crippen molar-refractivity contribution in [3.63, 3.8) is 0 Å². The van der Waals surface area contributed by atoms with Crippen LogP contribution in [0.3, 0.4) is 0 Å². The van der Waals surface area contributed by atoms with Crippen LogP contribution in [0.25, 0.3) is 0 Å². The molecule has 1 aromatic carbocycles. The molecule has 9 heteroatoms. The average Bonchev–Trinajstić information content (AvgIpc) is 2.80. The second-order valence-corrected chi connectivity index (χ2v) is 5.21. The van der Waals surface area contributed by atoms with Crippen molar-refractivity contribution in [2.75, 3.05) is 18.9 Å². The second kappa shape index (κ2) is 5.90. The van der Waals surface area contributed by atoms with Gasteiger partial charge in [-0.05, 0) is 18.9 Å². The van der Waals surface area contributed by atoms with Gasteiger partial charge in [-0.3, -0.25) is 14.9 Å². The molecule has 23 heavy (non-hydrogen) atoms. The van der Waals surface area contributed by atoms with Crippen molar-refractivity contribution in [3.05, 3.63) is 45.3 Å². The summed E-state index contributed by atoms with van der Waals surface area (Å²) in [6.07, 6.45) is -4.99. The summed E-state index contributed by atoms with van der Waals surface area (Å²) >= 11 is 0. The summed E-state index contributed by atoms with van der Waals surface area (Å²) < 4.78 is 38.0. The molecule has 1 aliphatic heterocycles. The number of hydrogen-bond donors (Lipinski definition) is 1. The van der Waals surface area contributed by atoms with Crippen LogP contribution in [0, 0.1) is 17.0 Å². The molecule has 0 atom stereocenters. The van der Waals surface area contributed by atoms with Crippen LogP contribution in [0.1, 0.15) is 12.0 Å². The van der Waals surface area contributed by atoms with E-state index in [2.05, 4.69) is 5.32 Å². The van der Waals surface area contributed by atoms with E-state index in [1.807, 2.05) is 0 Å². The number of nitrogens with one attached hydrogen (secondary N) is 1. The monoisotopic (exact) mass is 329 g/mol. The van der Waals surface area contributed by atoms with E-state index in [1.54, 1.807) is 14.0 Å². The van der Waals surface area contributed by atoms with Crippen LogP contribution in [0.5, 0.6) is 0 Å². The fraction of sp³-hybridized carbons (Fsp3) is 0.357. The Balaban J connectivity index is 2.42. The van der Waals surface area contributed by atoms with Crippen LogP contribution in [-0.4, -0.2) is 35.4 Å². The van der Waals surface area contributed by atoms with Crippen molar-refractivity contribution in [3.8, 4) is 0 Å². The highest BCUT2D eigenvalue weighted by molar-refractivity contribution is 6.01. The van der Waals surface area contributed by atoms with Crippen LogP contribution >= 0.6 is 0 Å². The van der Waals surface area contributed by atoms with Gasteiger partial charge >= 0.3 is 6.18 Å². The third kappa shape index (κ3) is 3.43. The first-order valence-corrected chi connectivity index (χ1v) is 6.69. The molecule has 0 spiro atoms. The highest BCUT2D eigenvalue weighted by Crippen LogP contribution is 2.32. The van der Waals surface area contributed by atoms with Crippen molar-refractivity contribution in [1.29, 1.82) is 0 Å². The van der Waals surface area contributed by atoms with Crippen LogP contribution in [0.15, 0.2) is 29.6 Å². The first kappa shape index (κ1) is 16.8. The fourth-order valence-corrected chi connectivity index (χ4v) is 2.29. The number of halogens is 3. The van der Waals surface area contributed by atoms with Crippen molar-refractivity contribution < 1.29 is 22.9 Å². The molecule has 0 radical (unpaired) electrons. The number of hydrogen-bond acceptors (Lipinski definition) is 5. The Labute approximate surface area is 129 Å². The number of alkyl halides is 3. The molecule has 0 aromatic heterocycles. The number of ketones is 1. The molecule has 0 bridgehead atoms. The topological polar surface area (TPSA) is 75.5 Å². The fourth-order valence-electron chi connectivity index (χ4n) is 2.29. The summed E-state index contributed by atoms with van der Waals surface area (Å²) in [7, 11) is 1.55. The Bertz CT molecular complexity index is 698. The summed E-state index contributed by atoms with van der Waals surface area (Å²) in [6, 6.07) is 4.01. The van der Waals surface area contributed by atoms with Crippen LogP contribution in [-0.2, 0) is 4.79 Å². The van der Waals surface area contributed by atoms with Gasteiger partial charge in [0.25, 0.3) is 11.5 Å². The number of aryl methyl sites for hydroxylation is 1. The number of nitro benzene ring substituents is 1. The summed E-state index contributed by atoms with van der Waals surface area (Å²) in [5, 5.41) is 13.6. The Morgan fingerprint density at radius 3 is 2.61 bits per heavy atom. The zero-order valence-corrected chi connectivity index (χ0v) is 12.4. The van der Waals surface area contributed by atoms with Gasteiger partial charge in [0.2, 0.25) is 0 Å². The van der Waals surface area contributed by atoms with Crippen LogP contribution in [0.4, 0.5) is 24.5 Å². The molecule has 0 saturated carbocycles. The Morgan fingerprint density at radius 1 is 1.39 bits per heavy atom. The third-order valence-corrected chi connectivity index (χ3v) is 3.58. The van der Waals surface area contributed by atoms with E-state index < -0.39 is 16.9 Å². The maximum Gasteiger partial charge on any atom is 0.454 e. The lowest BCUT2D eigenvalue weighted by Gasteiger charge is -2.20. The molecule has 6 nitrogen and oxygen atoms in total. The number of nitro groups is 1. The highest BCUT2D eigenvalue weighted by atomic mass is 19.4. The Morgan fingerprint density at radius 2 is 2.04 bits per heavy atom. The van der Waals surface area contributed by atoms with Gasteiger partial charge in [-0.25, -0.2) is 0 Å². The van der Waals surface area contributed by atoms with E-state index in [0.29, 0.717) is 5.56 Å². The summed E-state index contributed by atoms with van der Waals surface area (Å²) in [5.41, 5.74) is 0.339. The minimum atomic E-state index is -4.95. The van der Waals surface area contributed by atoms with Crippen molar-refractivity contribution in [2.24, 2.45) is 0 Å². The Hall–Kier alpha value is -2.58. The van der Waals surface area contributed by atoms with Crippen molar-refractivity contribution in [1.82, 2.24) is 4.90 Å². The maximum absolute atomic E-state index is 12.7. The molecule has 1 heterocycles. The van der Waals surface area contributed by atoms with Gasteiger partial charge in [0.1, 0.15) is 5.82 Å². The molecule has 1 aromatic rings. The van der Waals surface area contributed by atoms with E-state index in [4.69, 9.17) is 0 Å². The number of carbonyl (C=O) groups excluding carboxylic acids is 1. The predicted molar refractivity (Wildman–Crippen MR) is 76.8 cm³/mol. The van der Waals surface area contributed by atoms with E-state index in [1.165, 1.54) is 23.1 Å². The number of benzene rings is 1. The van der Waals surface area contributed by atoms with E-state index in [-0.39, 0.29) is 35.7 Å². The number of carbonyl (C=O) groups is 1. The van der Waals surface area contributed by atoms with E-state index in [9.17, 15) is 28.1 Å². The van der Waals surface area contributed by atoms with E-state index in [0.717, 1.165) is 0 Å². The summed E-state index contributed by atoms with van der Waals surface area (Å²) in [6.45, 7) is 1.92. The molecule has 0 aliphatic carbocycles. The zero-order chi connectivity index (χ0) is 17.4. The molecule has 124 valence electrons. The number of nitrogens with zero attached hydrogens (tertiary/aromatic N) is 2. The highest BCUT2D eigenvalue weighted by Gasteiger charge is 2.43. The second-order valence-electron chi connectivity index (χ2n) is 5.21. The normalized spacial score (nSPS) is 15.1. The smallest absolute Gasteiger partial charge is 0.361 e. The van der Waals surface area contributed by atoms with Gasteiger partial charge in [0, 0.05) is 37.0 Å².